The maximum atomic E-state index is 5.81. The summed E-state index contributed by atoms with van der Waals surface area (Å²) < 4.78 is 5.81. The molecule has 1 saturated heterocycles. The Morgan fingerprint density at radius 1 is 1.42 bits per heavy atom. The number of piperazine rings is 1. The number of ether oxygens (including phenoxy) is 1. The Bertz CT molecular complexity index is 448. The Morgan fingerprint density at radius 2 is 2.26 bits per heavy atom. The molecule has 2 unspecified atom stereocenters. The van der Waals surface area contributed by atoms with Crippen molar-refractivity contribution in [1.82, 2.24) is 10.2 Å². The first-order valence-electron chi connectivity index (χ1n) is 7.40. The molecule has 2 aliphatic heterocycles. The van der Waals surface area contributed by atoms with E-state index in [2.05, 4.69) is 48.3 Å². The number of hydrogen-bond acceptors (Lipinski definition) is 3. The van der Waals surface area contributed by atoms with Gasteiger partial charge in [0.1, 0.15) is 5.75 Å². The molecule has 3 nitrogen and oxygen atoms in total. The van der Waals surface area contributed by atoms with Gasteiger partial charge in [0.25, 0.3) is 0 Å². The first-order chi connectivity index (χ1) is 9.23. The third-order valence-corrected chi connectivity index (χ3v) is 4.83. The fourth-order valence-electron chi connectivity index (χ4n) is 3.26. The fourth-order valence-corrected chi connectivity index (χ4v) is 3.26. The molecule has 1 N–H and O–H groups in total. The number of nitrogens with one attached hydrogen (secondary N) is 1. The highest BCUT2D eigenvalue weighted by Gasteiger charge is 2.35. The molecule has 2 aliphatic rings. The van der Waals surface area contributed by atoms with E-state index in [0.29, 0.717) is 5.92 Å². The number of benzene rings is 1. The van der Waals surface area contributed by atoms with E-state index in [0.717, 1.165) is 38.5 Å². The molecule has 0 saturated carbocycles. The van der Waals surface area contributed by atoms with Gasteiger partial charge in [-0.25, -0.2) is 0 Å². The maximum Gasteiger partial charge on any atom is 0.122 e. The molecule has 3 rings (SSSR count). The normalized spacial score (nSPS) is 30.9. The van der Waals surface area contributed by atoms with E-state index in [1.165, 1.54) is 12.0 Å². The Balaban J connectivity index is 1.75. The zero-order chi connectivity index (χ0) is 13.3. The molecule has 2 atom stereocenters. The van der Waals surface area contributed by atoms with Gasteiger partial charge in [0.15, 0.2) is 0 Å². The lowest BCUT2D eigenvalue weighted by molar-refractivity contribution is 0.0624. The standard InChI is InChI=1S/C16H24N2O/c1-3-16(2)12-17-8-9-18(16)10-13-11-19-15-7-5-4-6-14(13)15/h4-7,13,17H,3,8-12H2,1-2H3. The molecule has 0 spiro atoms. The fraction of sp³-hybridized carbons (Fsp3) is 0.625. The largest absolute Gasteiger partial charge is 0.493 e. The number of fused-ring (bicyclic) bond motifs is 1. The van der Waals surface area contributed by atoms with E-state index >= 15 is 0 Å². The second kappa shape index (κ2) is 5.14. The van der Waals surface area contributed by atoms with Crippen molar-refractivity contribution in [1.29, 1.82) is 0 Å². The van der Waals surface area contributed by atoms with Gasteiger partial charge in [0.05, 0.1) is 6.61 Å². The van der Waals surface area contributed by atoms with Crippen molar-refractivity contribution in [2.45, 2.75) is 31.7 Å². The predicted molar refractivity (Wildman–Crippen MR) is 77.8 cm³/mol. The molecule has 1 aromatic rings. The summed E-state index contributed by atoms with van der Waals surface area (Å²) in [5.74, 6) is 1.61. The van der Waals surface area contributed by atoms with Gasteiger partial charge >= 0.3 is 0 Å². The van der Waals surface area contributed by atoms with Crippen LogP contribution in [-0.2, 0) is 0 Å². The van der Waals surface area contributed by atoms with Crippen LogP contribution in [0.3, 0.4) is 0 Å². The van der Waals surface area contributed by atoms with Gasteiger partial charge in [-0.05, 0) is 19.4 Å². The molecule has 0 aromatic heterocycles. The third-order valence-electron chi connectivity index (χ3n) is 4.83. The first-order valence-corrected chi connectivity index (χ1v) is 7.40. The minimum Gasteiger partial charge on any atom is -0.493 e. The highest BCUT2D eigenvalue weighted by atomic mass is 16.5. The molecule has 1 aromatic carbocycles. The van der Waals surface area contributed by atoms with Crippen LogP contribution in [0.25, 0.3) is 0 Å². The highest BCUT2D eigenvalue weighted by Crippen LogP contribution is 2.35. The summed E-state index contributed by atoms with van der Waals surface area (Å²) >= 11 is 0. The van der Waals surface area contributed by atoms with Crippen LogP contribution in [0.4, 0.5) is 0 Å². The second-order valence-corrected chi connectivity index (χ2v) is 6.02. The average Bonchev–Trinajstić information content (AvgIpc) is 2.85. The van der Waals surface area contributed by atoms with Crippen LogP contribution < -0.4 is 10.1 Å². The smallest absolute Gasteiger partial charge is 0.122 e. The molecule has 0 amide bonds. The van der Waals surface area contributed by atoms with Crippen LogP contribution in [-0.4, -0.2) is 43.2 Å². The quantitative estimate of drug-likeness (QED) is 0.902. The SMILES string of the molecule is CCC1(C)CNCCN1CC1COc2ccccc21. The predicted octanol–water partition coefficient (Wildman–Crippen LogP) is 2.24. The van der Waals surface area contributed by atoms with Crippen LogP contribution in [0.1, 0.15) is 31.7 Å². The number of nitrogens with zero attached hydrogens (tertiary/aromatic N) is 1. The summed E-state index contributed by atoms with van der Waals surface area (Å²) in [4.78, 5) is 2.65. The van der Waals surface area contributed by atoms with Crippen LogP contribution in [0.5, 0.6) is 5.75 Å². The summed E-state index contributed by atoms with van der Waals surface area (Å²) in [6, 6.07) is 8.49. The monoisotopic (exact) mass is 260 g/mol. The maximum absolute atomic E-state index is 5.81. The number of rotatable bonds is 3. The lowest BCUT2D eigenvalue weighted by Crippen LogP contribution is -2.60. The van der Waals surface area contributed by atoms with E-state index in [-0.39, 0.29) is 5.54 Å². The topological polar surface area (TPSA) is 24.5 Å². The molecule has 0 aliphatic carbocycles. The molecular weight excluding hydrogens is 236 g/mol. The second-order valence-electron chi connectivity index (χ2n) is 6.02. The lowest BCUT2D eigenvalue weighted by atomic mass is 9.91. The van der Waals surface area contributed by atoms with Crippen LogP contribution in [0, 0.1) is 0 Å². The van der Waals surface area contributed by atoms with Gasteiger partial charge < -0.3 is 10.1 Å². The molecule has 3 heteroatoms. The minimum atomic E-state index is 0.287. The van der Waals surface area contributed by atoms with E-state index in [9.17, 15) is 0 Å². The molecular formula is C16H24N2O. The van der Waals surface area contributed by atoms with Gasteiger partial charge in [-0.3, -0.25) is 4.90 Å². The van der Waals surface area contributed by atoms with Crippen LogP contribution in [0.2, 0.25) is 0 Å². The van der Waals surface area contributed by atoms with Crippen molar-refractivity contribution in [2.75, 3.05) is 32.8 Å². The lowest BCUT2D eigenvalue weighted by Gasteiger charge is -2.45. The van der Waals surface area contributed by atoms with Gasteiger partial charge in [-0.1, -0.05) is 25.1 Å². The third kappa shape index (κ3) is 2.37. The summed E-state index contributed by atoms with van der Waals surface area (Å²) in [5.41, 5.74) is 1.68. The molecule has 104 valence electrons. The van der Waals surface area contributed by atoms with Crippen molar-refractivity contribution in [3.05, 3.63) is 29.8 Å². The number of para-hydroxylation sites is 1. The average molecular weight is 260 g/mol. The van der Waals surface area contributed by atoms with Gasteiger partial charge in [-0.2, -0.15) is 0 Å². The van der Waals surface area contributed by atoms with Crippen molar-refractivity contribution < 1.29 is 4.74 Å². The number of hydrogen-bond donors (Lipinski definition) is 1. The molecule has 0 bridgehead atoms. The van der Waals surface area contributed by atoms with Crippen LogP contribution >= 0.6 is 0 Å². The molecule has 0 radical (unpaired) electrons. The Morgan fingerprint density at radius 3 is 3.11 bits per heavy atom. The zero-order valence-corrected chi connectivity index (χ0v) is 12.0. The summed E-state index contributed by atoms with van der Waals surface area (Å²) in [7, 11) is 0. The highest BCUT2D eigenvalue weighted by molar-refractivity contribution is 5.39. The Hall–Kier alpha value is -1.06. The van der Waals surface area contributed by atoms with E-state index in [1.54, 1.807) is 0 Å². The van der Waals surface area contributed by atoms with Crippen molar-refractivity contribution in [2.24, 2.45) is 0 Å². The molecule has 19 heavy (non-hydrogen) atoms. The summed E-state index contributed by atoms with van der Waals surface area (Å²) in [5, 5.41) is 3.53. The Kier molecular flexibility index (Phi) is 3.50. The van der Waals surface area contributed by atoms with E-state index in [1.807, 2.05) is 0 Å². The van der Waals surface area contributed by atoms with Crippen molar-refractivity contribution in [3.8, 4) is 5.75 Å². The minimum absolute atomic E-state index is 0.287. The van der Waals surface area contributed by atoms with E-state index < -0.39 is 0 Å². The summed E-state index contributed by atoms with van der Waals surface area (Å²) in [6.07, 6.45) is 1.19. The van der Waals surface area contributed by atoms with Gasteiger partial charge in [0.2, 0.25) is 0 Å². The van der Waals surface area contributed by atoms with E-state index in [4.69, 9.17) is 4.74 Å². The Labute approximate surface area is 115 Å². The van der Waals surface area contributed by atoms with Gasteiger partial charge in [0, 0.05) is 43.2 Å². The van der Waals surface area contributed by atoms with Crippen molar-refractivity contribution >= 4 is 0 Å². The van der Waals surface area contributed by atoms with Crippen LogP contribution in [0.15, 0.2) is 24.3 Å². The zero-order valence-electron chi connectivity index (χ0n) is 12.0. The molecule has 1 fully saturated rings. The van der Waals surface area contributed by atoms with Crippen molar-refractivity contribution in [3.63, 3.8) is 0 Å². The first kappa shape index (κ1) is 12.9. The summed E-state index contributed by atoms with van der Waals surface area (Å²) in [6.45, 7) is 9.96. The van der Waals surface area contributed by atoms with Gasteiger partial charge in [-0.15, -0.1) is 0 Å². The molecule has 2 heterocycles.